The van der Waals surface area contributed by atoms with Crippen molar-refractivity contribution in [2.45, 2.75) is 76.9 Å². The molecule has 1 atom stereocenters. The molecule has 2 saturated carbocycles. The lowest BCUT2D eigenvalue weighted by Crippen LogP contribution is -2.42. The van der Waals surface area contributed by atoms with E-state index in [9.17, 15) is 0 Å². The predicted octanol–water partition coefficient (Wildman–Crippen LogP) is 3.50. The summed E-state index contributed by atoms with van der Waals surface area (Å²) in [4.78, 5) is 0. The molecule has 0 spiro atoms. The van der Waals surface area contributed by atoms with Gasteiger partial charge in [0.1, 0.15) is 0 Å². The minimum atomic E-state index is 0.185. The first-order valence-electron chi connectivity index (χ1n) is 7.61. The molecule has 0 saturated heterocycles. The molecule has 2 aliphatic carbocycles. The van der Waals surface area contributed by atoms with E-state index in [1.807, 2.05) is 0 Å². The molecule has 2 fully saturated rings. The van der Waals surface area contributed by atoms with E-state index < -0.39 is 0 Å². The summed E-state index contributed by atoms with van der Waals surface area (Å²) >= 11 is 0. The number of rotatable bonds is 8. The molecule has 0 heterocycles. The molecule has 2 nitrogen and oxygen atoms in total. The van der Waals surface area contributed by atoms with Crippen LogP contribution < -0.4 is 5.32 Å². The zero-order valence-corrected chi connectivity index (χ0v) is 11.6. The lowest BCUT2D eigenvalue weighted by Gasteiger charge is -2.31. The third kappa shape index (κ3) is 4.26. The molecule has 0 radical (unpaired) electrons. The summed E-state index contributed by atoms with van der Waals surface area (Å²) in [6.45, 7) is 6.63. The van der Waals surface area contributed by atoms with Gasteiger partial charge in [-0.2, -0.15) is 0 Å². The van der Waals surface area contributed by atoms with Crippen molar-refractivity contribution in [3.8, 4) is 0 Å². The number of hydrogen-bond donors (Lipinski definition) is 1. The van der Waals surface area contributed by atoms with E-state index in [2.05, 4.69) is 19.2 Å². The Morgan fingerprint density at radius 2 is 2.00 bits per heavy atom. The van der Waals surface area contributed by atoms with Crippen LogP contribution in [0, 0.1) is 5.92 Å². The molecule has 0 amide bonds. The van der Waals surface area contributed by atoms with Crippen molar-refractivity contribution in [1.29, 1.82) is 0 Å². The number of hydrogen-bond acceptors (Lipinski definition) is 2. The Balaban J connectivity index is 1.74. The topological polar surface area (TPSA) is 21.3 Å². The molecule has 0 bridgehead atoms. The van der Waals surface area contributed by atoms with E-state index >= 15 is 0 Å². The van der Waals surface area contributed by atoms with Crippen molar-refractivity contribution < 1.29 is 4.74 Å². The van der Waals surface area contributed by atoms with Crippen molar-refractivity contribution in [2.24, 2.45) is 5.92 Å². The second-order valence-electron chi connectivity index (χ2n) is 6.25. The summed E-state index contributed by atoms with van der Waals surface area (Å²) in [6.07, 6.45) is 10.6. The SMILES string of the molecule is CCCC(C)COC1(CNC2CC2)CCCC1. The third-order valence-corrected chi connectivity index (χ3v) is 4.26. The first-order chi connectivity index (χ1) is 8.24. The molecule has 100 valence electrons. The Morgan fingerprint density at radius 3 is 2.59 bits per heavy atom. The molecule has 0 aliphatic heterocycles. The second kappa shape index (κ2) is 6.19. The minimum Gasteiger partial charge on any atom is -0.373 e. The number of ether oxygens (including phenoxy) is 1. The largest absolute Gasteiger partial charge is 0.373 e. The average molecular weight is 239 g/mol. The average Bonchev–Trinajstić information content (AvgIpc) is 3.04. The van der Waals surface area contributed by atoms with Crippen molar-refractivity contribution in [3.05, 3.63) is 0 Å². The van der Waals surface area contributed by atoms with Crippen LogP contribution in [0.5, 0.6) is 0 Å². The van der Waals surface area contributed by atoms with Gasteiger partial charge in [0, 0.05) is 19.2 Å². The van der Waals surface area contributed by atoms with Crippen molar-refractivity contribution in [2.75, 3.05) is 13.2 Å². The predicted molar refractivity (Wildman–Crippen MR) is 72.2 cm³/mol. The Hall–Kier alpha value is -0.0800. The monoisotopic (exact) mass is 239 g/mol. The fourth-order valence-corrected chi connectivity index (χ4v) is 2.90. The maximum absolute atomic E-state index is 6.32. The highest BCUT2D eigenvalue weighted by Gasteiger charge is 2.36. The van der Waals surface area contributed by atoms with Gasteiger partial charge < -0.3 is 10.1 Å². The molecule has 0 aromatic rings. The molecular formula is C15H29NO. The molecule has 1 N–H and O–H groups in total. The van der Waals surface area contributed by atoms with Crippen LogP contribution in [-0.2, 0) is 4.74 Å². The summed E-state index contributed by atoms with van der Waals surface area (Å²) in [5, 5.41) is 3.67. The highest BCUT2D eigenvalue weighted by Crippen LogP contribution is 2.34. The maximum atomic E-state index is 6.32. The Labute approximate surface area is 107 Å². The van der Waals surface area contributed by atoms with Crippen molar-refractivity contribution >= 4 is 0 Å². The zero-order valence-electron chi connectivity index (χ0n) is 11.6. The summed E-state index contributed by atoms with van der Waals surface area (Å²) < 4.78 is 6.32. The highest BCUT2D eigenvalue weighted by molar-refractivity contribution is 4.92. The summed E-state index contributed by atoms with van der Waals surface area (Å²) in [7, 11) is 0. The van der Waals surface area contributed by atoms with Crippen LogP contribution >= 0.6 is 0 Å². The van der Waals surface area contributed by atoms with Crippen LogP contribution in [0.1, 0.15) is 65.2 Å². The first kappa shape index (κ1) is 13.4. The van der Waals surface area contributed by atoms with Crippen LogP contribution in [0.2, 0.25) is 0 Å². The van der Waals surface area contributed by atoms with Crippen LogP contribution in [-0.4, -0.2) is 24.8 Å². The van der Waals surface area contributed by atoms with E-state index in [0.29, 0.717) is 0 Å². The van der Waals surface area contributed by atoms with Gasteiger partial charge in [0.25, 0.3) is 0 Å². The lowest BCUT2D eigenvalue weighted by atomic mass is 10.0. The van der Waals surface area contributed by atoms with Gasteiger partial charge in [0.05, 0.1) is 5.60 Å². The van der Waals surface area contributed by atoms with Gasteiger partial charge in [0.15, 0.2) is 0 Å². The smallest absolute Gasteiger partial charge is 0.0806 e. The van der Waals surface area contributed by atoms with Crippen molar-refractivity contribution in [1.82, 2.24) is 5.32 Å². The van der Waals surface area contributed by atoms with Crippen LogP contribution in [0.25, 0.3) is 0 Å². The van der Waals surface area contributed by atoms with E-state index in [1.165, 1.54) is 51.4 Å². The van der Waals surface area contributed by atoms with E-state index in [1.54, 1.807) is 0 Å². The van der Waals surface area contributed by atoms with Crippen LogP contribution in [0.4, 0.5) is 0 Å². The second-order valence-corrected chi connectivity index (χ2v) is 6.25. The van der Waals surface area contributed by atoms with Gasteiger partial charge in [-0.15, -0.1) is 0 Å². The summed E-state index contributed by atoms with van der Waals surface area (Å²) in [5.41, 5.74) is 0.185. The molecule has 0 aromatic heterocycles. The van der Waals surface area contributed by atoms with E-state index in [0.717, 1.165) is 25.1 Å². The quantitative estimate of drug-likeness (QED) is 0.700. The maximum Gasteiger partial charge on any atom is 0.0806 e. The van der Waals surface area contributed by atoms with Gasteiger partial charge in [-0.3, -0.25) is 0 Å². The fourth-order valence-electron chi connectivity index (χ4n) is 2.90. The normalized spacial score (nSPS) is 25.1. The standard InChI is InChI=1S/C15H29NO/c1-3-6-13(2)11-17-15(9-4-5-10-15)12-16-14-7-8-14/h13-14,16H,3-12H2,1-2H3. The molecule has 1 unspecified atom stereocenters. The summed E-state index contributed by atoms with van der Waals surface area (Å²) in [5.74, 6) is 0.721. The van der Waals surface area contributed by atoms with Crippen LogP contribution in [0.3, 0.4) is 0 Å². The first-order valence-corrected chi connectivity index (χ1v) is 7.61. The molecule has 17 heavy (non-hydrogen) atoms. The Bertz CT molecular complexity index is 219. The molecule has 2 heteroatoms. The van der Waals surface area contributed by atoms with Gasteiger partial charge in [-0.05, 0) is 38.0 Å². The van der Waals surface area contributed by atoms with Gasteiger partial charge in [0.2, 0.25) is 0 Å². The Kier molecular flexibility index (Phi) is 4.87. The number of nitrogens with one attached hydrogen (secondary N) is 1. The van der Waals surface area contributed by atoms with E-state index in [-0.39, 0.29) is 5.60 Å². The fraction of sp³-hybridized carbons (Fsp3) is 1.00. The summed E-state index contributed by atoms with van der Waals surface area (Å²) in [6, 6.07) is 0.809. The minimum absolute atomic E-state index is 0.185. The van der Waals surface area contributed by atoms with E-state index in [4.69, 9.17) is 4.74 Å². The zero-order chi connectivity index (χ0) is 12.1. The third-order valence-electron chi connectivity index (χ3n) is 4.26. The van der Waals surface area contributed by atoms with Crippen molar-refractivity contribution in [3.63, 3.8) is 0 Å². The Morgan fingerprint density at radius 1 is 1.29 bits per heavy atom. The van der Waals surface area contributed by atoms with Crippen LogP contribution in [0.15, 0.2) is 0 Å². The van der Waals surface area contributed by atoms with Gasteiger partial charge in [-0.25, -0.2) is 0 Å². The molecule has 2 rings (SSSR count). The lowest BCUT2D eigenvalue weighted by molar-refractivity contribution is -0.0540. The molecular weight excluding hydrogens is 210 g/mol. The van der Waals surface area contributed by atoms with Gasteiger partial charge in [-0.1, -0.05) is 33.1 Å². The molecule has 2 aliphatic rings. The highest BCUT2D eigenvalue weighted by atomic mass is 16.5. The molecule has 0 aromatic carbocycles. The van der Waals surface area contributed by atoms with Gasteiger partial charge >= 0.3 is 0 Å².